The normalized spacial score (nSPS) is 12.8. The molecular weight excluding hydrogens is 400 g/mol. The summed E-state index contributed by atoms with van der Waals surface area (Å²) in [5.74, 6) is 1.76. The summed E-state index contributed by atoms with van der Waals surface area (Å²) in [7, 11) is 0. The van der Waals surface area contributed by atoms with Crippen molar-refractivity contribution in [2.45, 2.75) is 33.9 Å². The molecule has 0 saturated carbocycles. The first-order chi connectivity index (χ1) is 15.5. The smallest absolute Gasteiger partial charge is 0.254 e. The van der Waals surface area contributed by atoms with Crippen LogP contribution in [-0.2, 0) is 13.1 Å². The van der Waals surface area contributed by atoms with Crippen molar-refractivity contribution < 1.29 is 9.53 Å². The van der Waals surface area contributed by atoms with Crippen LogP contribution in [0.4, 0.5) is 0 Å². The van der Waals surface area contributed by atoms with Gasteiger partial charge in [0.25, 0.3) is 5.91 Å². The zero-order valence-corrected chi connectivity index (χ0v) is 18.6. The molecule has 2 aromatic heterocycles. The average molecular weight is 427 g/mol. The summed E-state index contributed by atoms with van der Waals surface area (Å²) in [4.78, 5) is 15.0. The molecule has 0 fully saturated rings. The number of fused-ring (bicyclic) bond motifs is 1. The van der Waals surface area contributed by atoms with Gasteiger partial charge >= 0.3 is 0 Å². The summed E-state index contributed by atoms with van der Waals surface area (Å²) in [5, 5.41) is 4.95. The summed E-state index contributed by atoms with van der Waals surface area (Å²) >= 11 is 0. The van der Waals surface area contributed by atoms with Crippen molar-refractivity contribution >= 4 is 5.91 Å². The molecule has 0 aliphatic carbocycles. The van der Waals surface area contributed by atoms with Gasteiger partial charge in [-0.25, -0.2) is 4.68 Å². The summed E-state index contributed by atoms with van der Waals surface area (Å²) in [6.07, 6.45) is 4.04. The fourth-order valence-corrected chi connectivity index (χ4v) is 4.34. The molecule has 162 valence electrons. The van der Waals surface area contributed by atoms with Crippen molar-refractivity contribution in [3.05, 3.63) is 94.9 Å². The lowest BCUT2D eigenvalue weighted by Crippen LogP contribution is -2.26. The summed E-state index contributed by atoms with van der Waals surface area (Å²) in [5.41, 5.74) is 6.12. The number of carbonyl (C=O) groups excluding carboxylic acids is 1. The number of aromatic nitrogens is 3. The van der Waals surface area contributed by atoms with Crippen LogP contribution in [0.5, 0.6) is 5.75 Å². The second-order valence-electron chi connectivity index (χ2n) is 8.16. The number of aryl methyl sites for hydroxylation is 2. The molecule has 6 nitrogen and oxygen atoms in total. The van der Waals surface area contributed by atoms with Gasteiger partial charge in [0.15, 0.2) is 0 Å². The molecule has 0 unspecified atom stereocenters. The fourth-order valence-electron chi connectivity index (χ4n) is 4.34. The van der Waals surface area contributed by atoms with Gasteiger partial charge in [-0.1, -0.05) is 17.7 Å². The standard InChI is InChI=1S/C26H26N4O2/c1-4-32-21-10-8-20(9-11-21)26(31)29-16-22-23(17-29)27-30(25(22)28-13-5-6-14-28)24-12-7-18(2)15-19(24)3/h5-15H,4,16-17H2,1-3H3. The van der Waals surface area contributed by atoms with Gasteiger partial charge in [0.1, 0.15) is 11.6 Å². The summed E-state index contributed by atoms with van der Waals surface area (Å²) in [6.45, 7) is 7.77. The predicted octanol–water partition coefficient (Wildman–Crippen LogP) is 4.83. The second-order valence-corrected chi connectivity index (χ2v) is 8.16. The van der Waals surface area contributed by atoms with Gasteiger partial charge in [-0.3, -0.25) is 4.79 Å². The van der Waals surface area contributed by atoms with Crippen LogP contribution in [0, 0.1) is 13.8 Å². The van der Waals surface area contributed by atoms with Crippen molar-refractivity contribution in [2.24, 2.45) is 0 Å². The van der Waals surface area contributed by atoms with Crippen LogP contribution in [-0.4, -0.2) is 31.8 Å². The van der Waals surface area contributed by atoms with Crippen LogP contribution in [0.25, 0.3) is 11.5 Å². The third kappa shape index (κ3) is 3.47. The third-order valence-electron chi connectivity index (χ3n) is 5.86. The van der Waals surface area contributed by atoms with Gasteiger partial charge in [0, 0.05) is 23.5 Å². The largest absolute Gasteiger partial charge is 0.494 e. The quantitative estimate of drug-likeness (QED) is 0.459. The number of ether oxygens (including phenoxy) is 1. The van der Waals surface area contributed by atoms with Crippen molar-refractivity contribution in [1.82, 2.24) is 19.2 Å². The molecular formula is C26H26N4O2. The number of nitrogens with zero attached hydrogens (tertiary/aromatic N) is 4. The predicted molar refractivity (Wildman–Crippen MR) is 124 cm³/mol. The van der Waals surface area contributed by atoms with Crippen LogP contribution < -0.4 is 4.74 Å². The molecule has 5 rings (SSSR count). The van der Waals surface area contributed by atoms with Gasteiger partial charge in [0.2, 0.25) is 0 Å². The minimum absolute atomic E-state index is 0.00238. The first kappa shape index (κ1) is 20.1. The molecule has 1 amide bonds. The van der Waals surface area contributed by atoms with E-state index < -0.39 is 0 Å². The van der Waals surface area contributed by atoms with E-state index in [-0.39, 0.29) is 5.91 Å². The maximum atomic E-state index is 13.2. The molecule has 2 aromatic carbocycles. The van der Waals surface area contributed by atoms with Crippen molar-refractivity contribution in [1.29, 1.82) is 0 Å². The van der Waals surface area contributed by atoms with E-state index in [1.807, 2.05) is 65.3 Å². The third-order valence-corrected chi connectivity index (χ3v) is 5.86. The van der Waals surface area contributed by atoms with Crippen LogP contribution in [0.3, 0.4) is 0 Å². The Morgan fingerprint density at radius 2 is 1.78 bits per heavy atom. The summed E-state index contributed by atoms with van der Waals surface area (Å²) < 4.78 is 9.58. The molecule has 1 aliphatic heterocycles. The zero-order chi connectivity index (χ0) is 22.2. The number of benzene rings is 2. The van der Waals surface area contributed by atoms with E-state index in [1.165, 1.54) is 11.1 Å². The van der Waals surface area contributed by atoms with Gasteiger partial charge in [-0.15, -0.1) is 0 Å². The highest BCUT2D eigenvalue weighted by Crippen LogP contribution is 2.32. The van der Waals surface area contributed by atoms with Gasteiger partial charge in [-0.05, 0) is 68.8 Å². The average Bonchev–Trinajstić information content (AvgIpc) is 3.50. The molecule has 3 heterocycles. The monoisotopic (exact) mass is 426 g/mol. The molecule has 0 atom stereocenters. The molecule has 0 bridgehead atoms. The van der Waals surface area contributed by atoms with E-state index in [1.54, 1.807) is 0 Å². The molecule has 6 heteroatoms. The molecule has 1 aliphatic rings. The Bertz CT molecular complexity index is 1270. The lowest BCUT2D eigenvalue weighted by molar-refractivity contribution is 0.0749. The molecule has 0 spiro atoms. The second kappa shape index (κ2) is 8.04. The van der Waals surface area contributed by atoms with E-state index >= 15 is 0 Å². The zero-order valence-electron chi connectivity index (χ0n) is 18.6. The highest BCUT2D eigenvalue weighted by Gasteiger charge is 2.32. The Hall–Kier alpha value is -3.80. The molecule has 0 radical (unpaired) electrons. The maximum Gasteiger partial charge on any atom is 0.254 e. The number of hydrogen-bond acceptors (Lipinski definition) is 3. The van der Waals surface area contributed by atoms with Crippen LogP contribution in [0.2, 0.25) is 0 Å². The Morgan fingerprint density at radius 3 is 2.47 bits per heavy atom. The Morgan fingerprint density at radius 1 is 1.03 bits per heavy atom. The van der Waals surface area contributed by atoms with Crippen molar-refractivity contribution in [3.63, 3.8) is 0 Å². The number of amides is 1. The van der Waals surface area contributed by atoms with Crippen molar-refractivity contribution in [2.75, 3.05) is 6.61 Å². The molecule has 4 aromatic rings. The molecule has 0 saturated heterocycles. The first-order valence-corrected chi connectivity index (χ1v) is 10.9. The van der Waals surface area contributed by atoms with Crippen molar-refractivity contribution in [3.8, 4) is 17.3 Å². The lowest BCUT2D eigenvalue weighted by Gasteiger charge is -2.18. The Labute approximate surface area is 187 Å². The van der Waals surface area contributed by atoms with Crippen LogP contribution >= 0.6 is 0 Å². The first-order valence-electron chi connectivity index (χ1n) is 10.9. The van der Waals surface area contributed by atoms with E-state index in [0.717, 1.165) is 28.5 Å². The SMILES string of the molecule is CCOc1ccc(C(=O)N2Cc3nn(-c4ccc(C)cc4C)c(-n4cccc4)c3C2)cc1. The van der Waals surface area contributed by atoms with Gasteiger partial charge < -0.3 is 14.2 Å². The molecule has 0 N–H and O–H groups in total. The van der Waals surface area contributed by atoms with E-state index in [9.17, 15) is 4.79 Å². The Kier molecular flexibility index (Phi) is 5.05. The van der Waals surface area contributed by atoms with Crippen LogP contribution in [0.15, 0.2) is 67.0 Å². The topological polar surface area (TPSA) is 52.3 Å². The highest BCUT2D eigenvalue weighted by molar-refractivity contribution is 5.94. The fraction of sp³-hybridized carbons (Fsp3) is 0.231. The number of rotatable bonds is 5. The van der Waals surface area contributed by atoms with Crippen LogP contribution in [0.1, 0.15) is 39.7 Å². The minimum Gasteiger partial charge on any atom is -0.494 e. The maximum absolute atomic E-state index is 13.2. The van der Waals surface area contributed by atoms with E-state index in [4.69, 9.17) is 9.84 Å². The number of hydrogen-bond donors (Lipinski definition) is 0. The minimum atomic E-state index is 0.00238. The van der Waals surface area contributed by atoms with Gasteiger partial charge in [-0.2, -0.15) is 5.10 Å². The van der Waals surface area contributed by atoms with E-state index in [0.29, 0.717) is 25.3 Å². The Balaban J connectivity index is 1.49. The highest BCUT2D eigenvalue weighted by atomic mass is 16.5. The van der Waals surface area contributed by atoms with E-state index in [2.05, 4.69) is 36.6 Å². The number of carbonyl (C=O) groups is 1. The van der Waals surface area contributed by atoms with Gasteiger partial charge in [0.05, 0.1) is 31.1 Å². The lowest BCUT2D eigenvalue weighted by atomic mass is 10.1. The molecule has 32 heavy (non-hydrogen) atoms. The summed E-state index contributed by atoms with van der Waals surface area (Å²) in [6, 6.07) is 17.7.